The number of carbonyl (C=O) groups excluding carboxylic acids is 1. The van der Waals surface area contributed by atoms with Crippen LogP contribution in [0.1, 0.15) is 12.6 Å². The lowest BCUT2D eigenvalue weighted by molar-refractivity contribution is -0.146. The van der Waals surface area contributed by atoms with Crippen LogP contribution in [0.5, 0.6) is 0 Å². The number of halogens is 1. The molecule has 1 unspecified atom stereocenters. The molecule has 86 valence electrons. The molecule has 16 heavy (non-hydrogen) atoms. The van der Waals surface area contributed by atoms with Crippen molar-refractivity contribution in [3.63, 3.8) is 0 Å². The SMILES string of the molecule is CC(C(=O)O)C(=O)NCc1ccc(Cl)cn1. The van der Waals surface area contributed by atoms with Gasteiger partial charge in [0.15, 0.2) is 0 Å². The molecule has 0 saturated heterocycles. The molecule has 0 aliphatic carbocycles. The molecule has 1 amide bonds. The van der Waals surface area contributed by atoms with Gasteiger partial charge in [0.2, 0.25) is 5.91 Å². The Bertz CT molecular complexity index is 392. The number of hydrogen-bond acceptors (Lipinski definition) is 3. The number of carbonyl (C=O) groups is 2. The predicted octanol–water partition coefficient (Wildman–Crippen LogP) is 1.07. The highest BCUT2D eigenvalue weighted by Gasteiger charge is 2.19. The molecule has 0 saturated carbocycles. The molecular weight excluding hydrogens is 232 g/mol. The van der Waals surface area contributed by atoms with Crippen molar-refractivity contribution in [2.45, 2.75) is 13.5 Å². The standard InChI is InChI=1S/C10H11ClN2O3/c1-6(10(15)16)9(14)13-5-8-3-2-7(11)4-12-8/h2-4,6H,5H2,1H3,(H,13,14)(H,15,16). The first-order valence-electron chi connectivity index (χ1n) is 4.61. The molecule has 1 aromatic rings. The number of carboxylic acids is 1. The van der Waals surface area contributed by atoms with E-state index < -0.39 is 17.8 Å². The number of pyridine rings is 1. The number of carboxylic acid groups (broad SMARTS) is 1. The topological polar surface area (TPSA) is 79.3 Å². The summed E-state index contributed by atoms with van der Waals surface area (Å²) in [6, 6.07) is 3.31. The molecule has 6 heteroatoms. The third-order valence-corrected chi connectivity index (χ3v) is 2.22. The first kappa shape index (κ1) is 12.4. The molecule has 0 radical (unpaired) electrons. The van der Waals surface area contributed by atoms with Crippen molar-refractivity contribution >= 4 is 23.5 Å². The number of aromatic nitrogens is 1. The first-order valence-corrected chi connectivity index (χ1v) is 4.99. The molecule has 1 rings (SSSR count). The van der Waals surface area contributed by atoms with Crippen molar-refractivity contribution in [1.82, 2.24) is 10.3 Å². The van der Waals surface area contributed by atoms with Gasteiger partial charge in [0.25, 0.3) is 0 Å². The van der Waals surface area contributed by atoms with Crippen LogP contribution in [0, 0.1) is 5.92 Å². The van der Waals surface area contributed by atoms with Gasteiger partial charge in [-0.15, -0.1) is 0 Å². The van der Waals surface area contributed by atoms with E-state index in [1.807, 2.05) is 0 Å². The van der Waals surface area contributed by atoms with E-state index in [1.54, 1.807) is 12.1 Å². The van der Waals surface area contributed by atoms with Gasteiger partial charge in [-0.05, 0) is 19.1 Å². The summed E-state index contributed by atoms with van der Waals surface area (Å²) in [6.45, 7) is 1.51. The van der Waals surface area contributed by atoms with Crippen LogP contribution >= 0.6 is 11.6 Å². The van der Waals surface area contributed by atoms with Crippen LogP contribution < -0.4 is 5.32 Å². The second kappa shape index (κ2) is 5.46. The molecule has 0 aliphatic rings. The summed E-state index contributed by atoms with van der Waals surface area (Å²) in [5.41, 5.74) is 0.621. The number of amides is 1. The fourth-order valence-electron chi connectivity index (χ4n) is 0.954. The van der Waals surface area contributed by atoms with E-state index in [9.17, 15) is 9.59 Å². The quantitative estimate of drug-likeness (QED) is 0.774. The van der Waals surface area contributed by atoms with Gasteiger partial charge >= 0.3 is 5.97 Å². The minimum atomic E-state index is -1.15. The zero-order valence-electron chi connectivity index (χ0n) is 8.61. The molecule has 1 atom stereocenters. The normalized spacial score (nSPS) is 11.9. The van der Waals surface area contributed by atoms with Gasteiger partial charge in [-0.2, -0.15) is 0 Å². The number of aliphatic carboxylic acids is 1. The summed E-state index contributed by atoms with van der Waals surface area (Å²) in [6.07, 6.45) is 1.46. The third-order valence-electron chi connectivity index (χ3n) is 2.00. The van der Waals surface area contributed by atoms with Crippen LogP contribution in [0.4, 0.5) is 0 Å². The number of hydrogen-bond donors (Lipinski definition) is 2. The fourth-order valence-corrected chi connectivity index (χ4v) is 1.07. The molecule has 0 spiro atoms. The maximum atomic E-state index is 11.3. The Hall–Kier alpha value is -1.62. The van der Waals surface area contributed by atoms with Crippen LogP contribution in [0.25, 0.3) is 0 Å². The Kier molecular flexibility index (Phi) is 4.25. The average Bonchev–Trinajstić information content (AvgIpc) is 2.26. The van der Waals surface area contributed by atoms with Crippen molar-refractivity contribution in [2.24, 2.45) is 5.92 Å². The van der Waals surface area contributed by atoms with E-state index in [1.165, 1.54) is 13.1 Å². The Balaban J connectivity index is 2.49. The van der Waals surface area contributed by atoms with Crippen molar-refractivity contribution < 1.29 is 14.7 Å². The summed E-state index contributed by atoms with van der Waals surface area (Å²) in [4.78, 5) is 25.7. The van der Waals surface area contributed by atoms with E-state index in [0.29, 0.717) is 10.7 Å². The van der Waals surface area contributed by atoms with Crippen LogP contribution in [0.15, 0.2) is 18.3 Å². The Morgan fingerprint density at radius 2 is 2.25 bits per heavy atom. The van der Waals surface area contributed by atoms with Gasteiger partial charge in [-0.1, -0.05) is 11.6 Å². The molecular formula is C10H11ClN2O3. The van der Waals surface area contributed by atoms with Crippen molar-refractivity contribution in [3.05, 3.63) is 29.0 Å². The van der Waals surface area contributed by atoms with E-state index in [-0.39, 0.29) is 6.54 Å². The first-order chi connectivity index (χ1) is 7.50. The van der Waals surface area contributed by atoms with Gasteiger partial charge in [0.1, 0.15) is 5.92 Å². The van der Waals surface area contributed by atoms with Gasteiger partial charge in [0, 0.05) is 6.20 Å². The summed E-state index contributed by atoms with van der Waals surface area (Å²) in [5, 5.41) is 11.6. The summed E-state index contributed by atoms with van der Waals surface area (Å²) in [5.74, 6) is -2.75. The molecule has 1 heterocycles. The summed E-state index contributed by atoms with van der Waals surface area (Å²) >= 11 is 5.64. The van der Waals surface area contributed by atoms with Crippen LogP contribution in [0.3, 0.4) is 0 Å². The molecule has 1 aromatic heterocycles. The van der Waals surface area contributed by atoms with E-state index >= 15 is 0 Å². The maximum Gasteiger partial charge on any atom is 0.315 e. The van der Waals surface area contributed by atoms with Crippen LogP contribution in [-0.2, 0) is 16.1 Å². The molecule has 2 N–H and O–H groups in total. The third kappa shape index (κ3) is 3.51. The molecule has 0 fully saturated rings. The van der Waals surface area contributed by atoms with Crippen molar-refractivity contribution in [2.75, 3.05) is 0 Å². The smallest absolute Gasteiger partial charge is 0.315 e. The Labute approximate surface area is 97.4 Å². The maximum absolute atomic E-state index is 11.3. The summed E-state index contributed by atoms with van der Waals surface area (Å²) < 4.78 is 0. The van der Waals surface area contributed by atoms with Gasteiger partial charge in [0.05, 0.1) is 17.3 Å². The largest absolute Gasteiger partial charge is 0.481 e. The summed E-state index contributed by atoms with van der Waals surface area (Å²) in [7, 11) is 0. The Morgan fingerprint density at radius 3 is 2.75 bits per heavy atom. The minimum Gasteiger partial charge on any atom is -0.481 e. The Morgan fingerprint density at radius 1 is 1.56 bits per heavy atom. The second-order valence-electron chi connectivity index (χ2n) is 3.25. The highest BCUT2D eigenvalue weighted by Crippen LogP contribution is 2.06. The van der Waals surface area contributed by atoms with Crippen LogP contribution in [-0.4, -0.2) is 22.0 Å². The van der Waals surface area contributed by atoms with Gasteiger partial charge in [-0.25, -0.2) is 0 Å². The second-order valence-corrected chi connectivity index (χ2v) is 3.68. The monoisotopic (exact) mass is 242 g/mol. The minimum absolute atomic E-state index is 0.188. The lowest BCUT2D eigenvalue weighted by Crippen LogP contribution is -2.33. The highest BCUT2D eigenvalue weighted by molar-refractivity contribution is 6.30. The zero-order valence-corrected chi connectivity index (χ0v) is 9.36. The number of nitrogens with one attached hydrogen (secondary N) is 1. The van der Waals surface area contributed by atoms with E-state index in [0.717, 1.165) is 0 Å². The average molecular weight is 243 g/mol. The molecule has 0 bridgehead atoms. The van der Waals surface area contributed by atoms with Crippen molar-refractivity contribution in [1.29, 1.82) is 0 Å². The highest BCUT2D eigenvalue weighted by atomic mass is 35.5. The number of rotatable bonds is 4. The molecule has 0 aliphatic heterocycles. The lowest BCUT2D eigenvalue weighted by Gasteiger charge is -2.07. The van der Waals surface area contributed by atoms with E-state index in [2.05, 4.69) is 10.3 Å². The van der Waals surface area contributed by atoms with Gasteiger partial charge < -0.3 is 10.4 Å². The van der Waals surface area contributed by atoms with E-state index in [4.69, 9.17) is 16.7 Å². The number of nitrogens with zero attached hydrogens (tertiary/aromatic N) is 1. The molecule has 0 aromatic carbocycles. The zero-order chi connectivity index (χ0) is 12.1. The molecule has 5 nitrogen and oxygen atoms in total. The van der Waals surface area contributed by atoms with Crippen LogP contribution in [0.2, 0.25) is 5.02 Å². The fraction of sp³-hybridized carbons (Fsp3) is 0.300. The van der Waals surface area contributed by atoms with Crippen molar-refractivity contribution in [3.8, 4) is 0 Å². The predicted molar refractivity (Wildman–Crippen MR) is 57.9 cm³/mol. The van der Waals surface area contributed by atoms with Gasteiger partial charge in [-0.3, -0.25) is 14.6 Å². The lowest BCUT2D eigenvalue weighted by atomic mass is 10.2.